The third-order valence-electron chi connectivity index (χ3n) is 3.84. The molecule has 0 spiro atoms. The second-order valence-electron chi connectivity index (χ2n) is 5.24. The molecule has 1 aromatic rings. The number of aromatic nitrogens is 2. The molecule has 94 valence electrons. The first-order valence-electron chi connectivity index (χ1n) is 6.81. The predicted octanol–water partition coefficient (Wildman–Crippen LogP) is 2.95. The van der Waals surface area contributed by atoms with Crippen LogP contribution in [0.3, 0.4) is 0 Å². The van der Waals surface area contributed by atoms with Crippen molar-refractivity contribution in [2.24, 2.45) is 11.8 Å². The molecule has 2 rings (SSSR count). The Morgan fingerprint density at radius 2 is 2.29 bits per heavy atom. The van der Waals surface area contributed by atoms with Crippen LogP contribution in [0.4, 0.5) is 0 Å². The summed E-state index contributed by atoms with van der Waals surface area (Å²) >= 11 is 0. The van der Waals surface area contributed by atoms with E-state index in [2.05, 4.69) is 35.4 Å². The van der Waals surface area contributed by atoms with Gasteiger partial charge in [0.2, 0.25) is 0 Å². The summed E-state index contributed by atoms with van der Waals surface area (Å²) in [6.07, 6.45) is 9.14. The average Bonchev–Trinajstić information content (AvgIpc) is 2.37. The molecule has 17 heavy (non-hydrogen) atoms. The second-order valence-corrected chi connectivity index (χ2v) is 5.24. The van der Waals surface area contributed by atoms with Crippen molar-refractivity contribution in [1.29, 1.82) is 0 Å². The van der Waals surface area contributed by atoms with Crippen LogP contribution in [0.5, 0.6) is 0 Å². The van der Waals surface area contributed by atoms with Crippen molar-refractivity contribution in [3.8, 4) is 0 Å². The van der Waals surface area contributed by atoms with Gasteiger partial charge in [0.15, 0.2) is 0 Å². The number of nitrogens with zero attached hydrogens (tertiary/aromatic N) is 2. The molecule has 1 fully saturated rings. The fourth-order valence-electron chi connectivity index (χ4n) is 3.05. The van der Waals surface area contributed by atoms with Crippen LogP contribution in [0.1, 0.15) is 51.1 Å². The Morgan fingerprint density at radius 3 is 2.94 bits per heavy atom. The highest BCUT2D eigenvalue weighted by Gasteiger charge is 2.27. The molecule has 0 amide bonds. The van der Waals surface area contributed by atoms with Gasteiger partial charge in [0.25, 0.3) is 0 Å². The summed E-state index contributed by atoms with van der Waals surface area (Å²) in [7, 11) is 0. The normalized spacial score (nSPS) is 26.7. The molecule has 3 nitrogen and oxygen atoms in total. The van der Waals surface area contributed by atoms with Gasteiger partial charge in [-0.2, -0.15) is 10.2 Å². The molecule has 3 atom stereocenters. The van der Waals surface area contributed by atoms with Gasteiger partial charge in [-0.25, -0.2) is 0 Å². The van der Waals surface area contributed by atoms with Gasteiger partial charge < -0.3 is 5.32 Å². The largest absolute Gasteiger partial charge is 0.310 e. The topological polar surface area (TPSA) is 37.8 Å². The molecule has 0 aromatic carbocycles. The molecular formula is C14H23N3. The lowest BCUT2D eigenvalue weighted by Crippen LogP contribution is -2.31. The van der Waals surface area contributed by atoms with Crippen molar-refractivity contribution in [1.82, 2.24) is 15.5 Å². The van der Waals surface area contributed by atoms with Crippen LogP contribution in [0.25, 0.3) is 0 Å². The first-order valence-corrected chi connectivity index (χ1v) is 6.81. The highest BCUT2D eigenvalue weighted by molar-refractivity contribution is 5.13. The van der Waals surface area contributed by atoms with Crippen LogP contribution < -0.4 is 5.32 Å². The van der Waals surface area contributed by atoms with Crippen LogP contribution in [0, 0.1) is 11.8 Å². The van der Waals surface area contributed by atoms with Crippen molar-refractivity contribution in [2.45, 2.75) is 45.6 Å². The smallest absolute Gasteiger partial charge is 0.0544 e. The molecule has 1 heterocycles. The molecule has 0 radical (unpaired) electrons. The molecule has 3 unspecified atom stereocenters. The maximum absolute atomic E-state index is 4.01. The Kier molecular flexibility index (Phi) is 4.49. The minimum Gasteiger partial charge on any atom is -0.310 e. The first kappa shape index (κ1) is 12.5. The number of nitrogens with one attached hydrogen (secondary N) is 1. The summed E-state index contributed by atoms with van der Waals surface area (Å²) in [4.78, 5) is 0. The molecule has 0 bridgehead atoms. The van der Waals surface area contributed by atoms with E-state index in [1.165, 1.54) is 31.2 Å². The number of rotatable bonds is 4. The van der Waals surface area contributed by atoms with Gasteiger partial charge in [0.05, 0.1) is 6.20 Å². The number of hydrogen-bond donors (Lipinski definition) is 1. The van der Waals surface area contributed by atoms with E-state index in [1.54, 1.807) is 6.20 Å². The molecule has 0 aliphatic heterocycles. The lowest BCUT2D eigenvalue weighted by Gasteiger charge is -2.33. The van der Waals surface area contributed by atoms with E-state index in [1.807, 2.05) is 6.20 Å². The molecule has 1 aliphatic rings. The average molecular weight is 233 g/mol. The van der Waals surface area contributed by atoms with E-state index in [0.717, 1.165) is 18.4 Å². The predicted molar refractivity (Wildman–Crippen MR) is 69.6 cm³/mol. The summed E-state index contributed by atoms with van der Waals surface area (Å²) in [5.74, 6) is 1.62. The first-order chi connectivity index (χ1) is 8.31. The highest BCUT2D eigenvalue weighted by atomic mass is 15.1. The summed E-state index contributed by atoms with van der Waals surface area (Å²) in [5, 5.41) is 11.5. The van der Waals surface area contributed by atoms with Crippen molar-refractivity contribution in [3.63, 3.8) is 0 Å². The van der Waals surface area contributed by atoms with Crippen LogP contribution in [0.15, 0.2) is 18.5 Å². The zero-order valence-electron chi connectivity index (χ0n) is 10.9. The molecule has 0 saturated heterocycles. The van der Waals surface area contributed by atoms with Crippen molar-refractivity contribution in [3.05, 3.63) is 24.0 Å². The molecule has 1 N–H and O–H groups in total. The highest BCUT2D eigenvalue weighted by Crippen LogP contribution is 2.36. The Bertz CT molecular complexity index is 325. The van der Waals surface area contributed by atoms with Crippen molar-refractivity contribution >= 4 is 0 Å². The van der Waals surface area contributed by atoms with E-state index in [4.69, 9.17) is 0 Å². The van der Waals surface area contributed by atoms with Crippen molar-refractivity contribution in [2.75, 3.05) is 6.54 Å². The number of hydrogen-bond acceptors (Lipinski definition) is 3. The van der Waals surface area contributed by atoms with Crippen LogP contribution in [-0.2, 0) is 0 Å². The Hall–Kier alpha value is -0.960. The van der Waals surface area contributed by atoms with E-state index >= 15 is 0 Å². The Morgan fingerprint density at radius 1 is 1.41 bits per heavy atom. The molecule has 3 heteroatoms. The summed E-state index contributed by atoms with van der Waals surface area (Å²) in [6.45, 7) is 5.56. The van der Waals surface area contributed by atoms with Gasteiger partial charge >= 0.3 is 0 Å². The van der Waals surface area contributed by atoms with E-state index in [9.17, 15) is 0 Å². The fourth-order valence-corrected chi connectivity index (χ4v) is 3.05. The molecule has 1 aromatic heterocycles. The van der Waals surface area contributed by atoms with E-state index in [-0.39, 0.29) is 0 Å². The van der Waals surface area contributed by atoms with Crippen LogP contribution >= 0.6 is 0 Å². The lowest BCUT2D eigenvalue weighted by atomic mass is 9.77. The minimum absolute atomic E-state index is 0.457. The Labute approximate surface area is 104 Å². The van der Waals surface area contributed by atoms with Gasteiger partial charge in [-0.15, -0.1) is 0 Å². The summed E-state index contributed by atoms with van der Waals surface area (Å²) in [5.41, 5.74) is 1.29. The van der Waals surface area contributed by atoms with Crippen LogP contribution in [-0.4, -0.2) is 16.7 Å². The standard InChI is InChI=1S/C14H23N3/c1-3-15-14(13-7-8-16-17-10-13)12-6-4-5-11(2)9-12/h7-8,10-12,14-15H,3-6,9H2,1-2H3. The third-order valence-corrected chi connectivity index (χ3v) is 3.84. The molecule has 1 aliphatic carbocycles. The fraction of sp³-hybridized carbons (Fsp3) is 0.714. The third kappa shape index (κ3) is 3.25. The quantitative estimate of drug-likeness (QED) is 0.869. The zero-order chi connectivity index (χ0) is 12.1. The SMILES string of the molecule is CCNC(c1ccnnc1)C1CCCC(C)C1. The monoisotopic (exact) mass is 233 g/mol. The van der Waals surface area contributed by atoms with Gasteiger partial charge in [-0.05, 0) is 42.9 Å². The lowest BCUT2D eigenvalue weighted by molar-refractivity contribution is 0.225. The maximum atomic E-state index is 4.01. The minimum atomic E-state index is 0.457. The summed E-state index contributed by atoms with van der Waals surface area (Å²) in [6, 6.07) is 2.55. The second kappa shape index (κ2) is 6.10. The summed E-state index contributed by atoms with van der Waals surface area (Å²) < 4.78 is 0. The van der Waals surface area contributed by atoms with Crippen LogP contribution in [0.2, 0.25) is 0 Å². The maximum Gasteiger partial charge on any atom is 0.0544 e. The van der Waals surface area contributed by atoms with Gasteiger partial charge in [-0.1, -0.05) is 26.7 Å². The van der Waals surface area contributed by atoms with Gasteiger partial charge in [0.1, 0.15) is 0 Å². The molecular weight excluding hydrogens is 210 g/mol. The van der Waals surface area contributed by atoms with Gasteiger partial charge in [0, 0.05) is 12.2 Å². The zero-order valence-corrected chi connectivity index (χ0v) is 10.9. The van der Waals surface area contributed by atoms with Crippen molar-refractivity contribution < 1.29 is 0 Å². The Balaban J connectivity index is 2.11. The van der Waals surface area contributed by atoms with Gasteiger partial charge in [-0.3, -0.25) is 0 Å². The molecule has 1 saturated carbocycles. The van der Waals surface area contributed by atoms with E-state index < -0.39 is 0 Å². The van der Waals surface area contributed by atoms with E-state index in [0.29, 0.717) is 6.04 Å².